The fourth-order valence-electron chi connectivity index (χ4n) is 2.52. The fraction of sp³-hybridized carbons (Fsp3) is 0.684. The predicted octanol–water partition coefficient (Wildman–Crippen LogP) is 2.28. The van der Waals surface area contributed by atoms with Crippen molar-refractivity contribution in [1.29, 1.82) is 0 Å². The maximum atomic E-state index is 12.9. The Hall–Kier alpha value is -1.82. The van der Waals surface area contributed by atoms with E-state index in [-0.39, 0.29) is 24.4 Å². The van der Waals surface area contributed by atoms with Gasteiger partial charge in [0.2, 0.25) is 11.8 Å². The van der Waals surface area contributed by atoms with Gasteiger partial charge >= 0.3 is 0 Å². The third kappa shape index (κ3) is 6.20. The second-order valence-corrected chi connectivity index (χ2v) is 7.70. The number of carbonyl (C=O) groups excluding carboxylic acids is 2. The fourth-order valence-corrected chi connectivity index (χ4v) is 2.52. The van der Waals surface area contributed by atoms with Crippen LogP contribution in [0, 0.1) is 5.41 Å². The van der Waals surface area contributed by atoms with Gasteiger partial charge in [-0.15, -0.1) is 0 Å². The molecule has 0 aliphatic carbocycles. The molecular weight excluding hydrogens is 318 g/mol. The van der Waals surface area contributed by atoms with Crippen molar-refractivity contribution in [3.63, 3.8) is 0 Å². The maximum absolute atomic E-state index is 12.9. The second-order valence-electron chi connectivity index (χ2n) is 7.70. The summed E-state index contributed by atoms with van der Waals surface area (Å²) >= 11 is 0. The molecule has 1 rings (SSSR count). The Morgan fingerprint density at radius 1 is 1.28 bits per heavy atom. The molecular formula is C19H33N3O3. The number of aryl methyl sites for hydroxylation is 1. The zero-order chi connectivity index (χ0) is 19.2. The second kappa shape index (κ2) is 9.04. The molecule has 0 spiro atoms. The van der Waals surface area contributed by atoms with E-state index in [0.717, 1.165) is 5.69 Å². The summed E-state index contributed by atoms with van der Waals surface area (Å²) in [6, 6.07) is 3.92. The van der Waals surface area contributed by atoms with E-state index in [2.05, 4.69) is 0 Å². The van der Waals surface area contributed by atoms with Crippen molar-refractivity contribution in [2.24, 2.45) is 12.5 Å². The van der Waals surface area contributed by atoms with Crippen molar-refractivity contribution in [3.8, 4) is 0 Å². The van der Waals surface area contributed by atoms with E-state index in [9.17, 15) is 9.59 Å². The van der Waals surface area contributed by atoms with Crippen LogP contribution in [-0.2, 0) is 27.9 Å². The number of ether oxygens (including phenoxy) is 1. The van der Waals surface area contributed by atoms with Crippen LogP contribution in [0.3, 0.4) is 0 Å². The topological polar surface area (TPSA) is 54.8 Å². The van der Waals surface area contributed by atoms with Gasteiger partial charge in [0, 0.05) is 44.0 Å². The molecule has 0 fully saturated rings. The molecule has 25 heavy (non-hydrogen) atoms. The van der Waals surface area contributed by atoms with E-state index in [1.54, 1.807) is 16.9 Å². The number of carbonyl (C=O) groups is 2. The quantitative estimate of drug-likeness (QED) is 0.722. The Kier molecular flexibility index (Phi) is 7.67. The summed E-state index contributed by atoms with van der Waals surface area (Å²) in [6.45, 7) is 11.1. The van der Waals surface area contributed by atoms with Gasteiger partial charge in [-0.2, -0.15) is 0 Å². The monoisotopic (exact) mass is 351 g/mol. The first-order valence-electron chi connectivity index (χ1n) is 8.76. The van der Waals surface area contributed by atoms with Crippen LogP contribution in [0.25, 0.3) is 0 Å². The van der Waals surface area contributed by atoms with Gasteiger partial charge in [0.05, 0.1) is 13.2 Å². The molecule has 142 valence electrons. The van der Waals surface area contributed by atoms with Crippen LogP contribution in [0.2, 0.25) is 0 Å². The molecule has 0 N–H and O–H groups in total. The number of rotatable bonds is 8. The standard InChI is InChI=1S/C19H33N3O3/c1-15(2)22(18(24)19(3,4)5)14-17(23)21(11-12-25-7)13-16-9-8-10-20(16)6/h8-10,15H,11-14H2,1-7H3. The minimum atomic E-state index is -0.514. The van der Waals surface area contributed by atoms with E-state index >= 15 is 0 Å². The highest BCUT2D eigenvalue weighted by Gasteiger charge is 2.31. The van der Waals surface area contributed by atoms with E-state index in [1.165, 1.54) is 0 Å². The van der Waals surface area contributed by atoms with Crippen LogP contribution in [-0.4, -0.2) is 59.0 Å². The average molecular weight is 351 g/mol. The Balaban J connectivity index is 2.91. The molecule has 6 heteroatoms. The van der Waals surface area contributed by atoms with Gasteiger partial charge in [-0.3, -0.25) is 9.59 Å². The van der Waals surface area contributed by atoms with Crippen LogP contribution in [0.5, 0.6) is 0 Å². The molecule has 0 unspecified atom stereocenters. The van der Waals surface area contributed by atoms with E-state index in [1.807, 2.05) is 64.6 Å². The summed E-state index contributed by atoms with van der Waals surface area (Å²) in [5.41, 5.74) is 0.530. The molecule has 1 heterocycles. The molecule has 0 radical (unpaired) electrons. The number of hydrogen-bond donors (Lipinski definition) is 0. The van der Waals surface area contributed by atoms with Gasteiger partial charge in [0.25, 0.3) is 0 Å². The molecule has 6 nitrogen and oxygen atoms in total. The molecule has 0 atom stereocenters. The number of amides is 2. The number of nitrogens with zero attached hydrogens (tertiary/aromatic N) is 3. The minimum Gasteiger partial charge on any atom is -0.383 e. The zero-order valence-electron chi connectivity index (χ0n) is 16.7. The molecule has 0 saturated carbocycles. The summed E-state index contributed by atoms with van der Waals surface area (Å²) in [6.07, 6.45) is 1.96. The lowest BCUT2D eigenvalue weighted by atomic mass is 9.94. The summed E-state index contributed by atoms with van der Waals surface area (Å²) in [4.78, 5) is 29.0. The molecule has 0 aromatic carbocycles. The molecule has 1 aromatic heterocycles. The first-order chi connectivity index (χ1) is 11.6. The number of aromatic nitrogens is 1. The third-order valence-corrected chi connectivity index (χ3v) is 4.15. The van der Waals surface area contributed by atoms with E-state index in [4.69, 9.17) is 4.74 Å². The molecule has 2 amide bonds. The van der Waals surface area contributed by atoms with Gasteiger partial charge < -0.3 is 19.1 Å². The zero-order valence-corrected chi connectivity index (χ0v) is 16.7. The van der Waals surface area contributed by atoms with Gasteiger partial charge in [-0.05, 0) is 26.0 Å². The predicted molar refractivity (Wildman–Crippen MR) is 99.0 cm³/mol. The molecule has 0 bridgehead atoms. The van der Waals surface area contributed by atoms with Crippen molar-refractivity contribution >= 4 is 11.8 Å². The van der Waals surface area contributed by atoms with Crippen molar-refractivity contribution < 1.29 is 14.3 Å². The highest BCUT2D eigenvalue weighted by Crippen LogP contribution is 2.19. The van der Waals surface area contributed by atoms with Gasteiger partial charge in [0.15, 0.2) is 0 Å². The van der Waals surface area contributed by atoms with Crippen molar-refractivity contribution in [1.82, 2.24) is 14.4 Å². The first kappa shape index (κ1) is 21.2. The normalized spacial score (nSPS) is 11.7. The third-order valence-electron chi connectivity index (χ3n) is 4.15. The van der Waals surface area contributed by atoms with Crippen molar-refractivity contribution in [3.05, 3.63) is 24.0 Å². The lowest BCUT2D eigenvalue weighted by Crippen LogP contribution is -2.49. The van der Waals surface area contributed by atoms with Crippen LogP contribution >= 0.6 is 0 Å². The first-order valence-corrected chi connectivity index (χ1v) is 8.76. The Labute approximate surface area is 151 Å². The number of hydrogen-bond acceptors (Lipinski definition) is 3. The Morgan fingerprint density at radius 2 is 1.92 bits per heavy atom. The van der Waals surface area contributed by atoms with Crippen molar-refractivity contribution in [2.75, 3.05) is 26.8 Å². The largest absolute Gasteiger partial charge is 0.383 e. The summed E-state index contributed by atoms with van der Waals surface area (Å²) in [5.74, 6) is -0.0778. The van der Waals surface area contributed by atoms with Gasteiger partial charge in [0.1, 0.15) is 6.54 Å². The molecule has 0 aliphatic rings. The summed E-state index contributed by atoms with van der Waals surface area (Å²) in [5, 5.41) is 0. The average Bonchev–Trinajstić information content (AvgIpc) is 2.91. The van der Waals surface area contributed by atoms with Crippen LogP contribution in [0.15, 0.2) is 18.3 Å². The van der Waals surface area contributed by atoms with Crippen LogP contribution < -0.4 is 0 Å². The highest BCUT2D eigenvalue weighted by molar-refractivity contribution is 5.87. The van der Waals surface area contributed by atoms with Gasteiger partial charge in [-0.1, -0.05) is 20.8 Å². The molecule has 0 aliphatic heterocycles. The van der Waals surface area contributed by atoms with Gasteiger partial charge in [-0.25, -0.2) is 0 Å². The Morgan fingerprint density at radius 3 is 2.36 bits per heavy atom. The minimum absolute atomic E-state index is 0.0126. The maximum Gasteiger partial charge on any atom is 0.242 e. The summed E-state index contributed by atoms with van der Waals surface area (Å²) in [7, 11) is 3.58. The smallest absolute Gasteiger partial charge is 0.242 e. The van der Waals surface area contributed by atoms with Crippen LogP contribution in [0.4, 0.5) is 0 Å². The van der Waals surface area contributed by atoms with Crippen molar-refractivity contribution in [2.45, 2.75) is 47.2 Å². The summed E-state index contributed by atoms with van der Waals surface area (Å²) < 4.78 is 7.14. The Bertz CT molecular complexity index is 573. The number of methoxy groups -OCH3 is 1. The van der Waals surface area contributed by atoms with Crippen LogP contribution in [0.1, 0.15) is 40.3 Å². The lowest BCUT2D eigenvalue weighted by Gasteiger charge is -2.34. The molecule has 0 saturated heterocycles. The van der Waals surface area contributed by atoms with E-state index < -0.39 is 5.41 Å². The SMILES string of the molecule is COCCN(Cc1cccn1C)C(=O)CN(C(=O)C(C)(C)C)C(C)C. The van der Waals surface area contributed by atoms with E-state index in [0.29, 0.717) is 19.7 Å². The lowest BCUT2D eigenvalue weighted by molar-refractivity contribution is -0.147. The molecule has 1 aromatic rings. The highest BCUT2D eigenvalue weighted by atomic mass is 16.5.